The molecule has 2 heterocycles. The van der Waals surface area contributed by atoms with Crippen LogP contribution in [0.15, 0.2) is 22.8 Å². The van der Waals surface area contributed by atoms with E-state index >= 15 is 0 Å². The molecule has 1 fully saturated rings. The molecule has 4 nitrogen and oxygen atoms in total. The maximum absolute atomic E-state index is 11.7. The normalized spacial score (nSPS) is 18.2. The van der Waals surface area contributed by atoms with Crippen molar-refractivity contribution in [3.05, 3.63) is 18.4 Å². The fourth-order valence-corrected chi connectivity index (χ4v) is 1.73. The summed E-state index contributed by atoms with van der Waals surface area (Å²) in [5, 5.41) is 0. The number of nitrogens with zero attached hydrogens (tertiary/aromatic N) is 1. The highest BCUT2D eigenvalue weighted by molar-refractivity contribution is 5.62. The van der Waals surface area contributed by atoms with Gasteiger partial charge in [-0.05, 0) is 6.07 Å². The lowest BCUT2D eigenvalue weighted by molar-refractivity contribution is -0.822. The number of ether oxygens (including phenoxy) is 1. The molecule has 0 spiro atoms. The fourth-order valence-electron chi connectivity index (χ4n) is 1.73. The first-order valence-corrected chi connectivity index (χ1v) is 4.81. The maximum atomic E-state index is 11.7. The molecular formula is C10H14ClNO3. The predicted molar refractivity (Wildman–Crippen MR) is 49.9 cm³/mol. The van der Waals surface area contributed by atoms with Crippen molar-refractivity contribution >= 4 is 6.09 Å². The summed E-state index contributed by atoms with van der Waals surface area (Å²) in [5.41, 5.74) is 0. The van der Waals surface area contributed by atoms with Crippen molar-refractivity contribution in [3.8, 4) is 5.95 Å². The Kier molecular flexibility index (Phi) is 3.77. The van der Waals surface area contributed by atoms with Gasteiger partial charge in [-0.15, -0.1) is 0 Å². The molecule has 0 atom stereocenters. The number of furan rings is 1. The second-order valence-corrected chi connectivity index (χ2v) is 3.85. The Morgan fingerprint density at radius 2 is 2.13 bits per heavy atom. The lowest BCUT2D eigenvalue weighted by Crippen LogP contribution is -3.00. The van der Waals surface area contributed by atoms with E-state index in [-0.39, 0.29) is 24.4 Å². The van der Waals surface area contributed by atoms with E-state index in [4.69, 9.17) is 9.15 Å². The number of amides is 1. The summed E-state index contributed by atoms with van der Waals surface area (Å²) in [7, 11) is 1.90. The van der Waals surface area contributed by atoms with Crippen LogP contribution >= 0.6 is 0 Å². The standard InChI is InChI=1S/C10H14NO3.ClH/c1-11(6-2-3-7-11)10(12)14-9-5-4-8-13-9;/h4-5,8H,2-3,6-7H2,1H3;1H/q+1;/p-1. The first kappa shape index (κ1) is 12.1. The average molecular weight is 232 g/mol. The summed E-state index contributed by atoms with van der Waals surface area (Å²) in [5.74, 6) is 0.279. The molecule has 0 aromatic carbocycles. The monoisotopic (exact) mass is 231 g/mol. The lowest BCUT2D eigenvalue weighted by Gasteiger charge is -2.23. The van der Waals surface area contributed by atoms with Crippen LogP contribution < -0.4 is 17.1 Å². The van der Waals surface area contributed by atoms with Crippen molar-refractivity contribution in [2.45, 2.75) is 12.8 Å². The highest BCUT2D eigenvalue weighted by Gasteiger charge is 2.38. The third kappa shape index (κ3) is 2.52. The van der Waals surface area contributed by atoms with Gasteiger partial charge >= 0.3 is 6.09 Å². The van der Waals surface area contributed by atoms with E-state index < -0.39 is 0 Å². The van der Waals surface area contributed by atoms with Crippen LogP contribution in [0, 0.1) is 0 Å². The van der Waals surface area contributed by atoms with Gasteiger partial charge < -0.3 is 21.6 Å². The molecule has 0 N–H and O–H groups in total. The second kappa shape index (κ2) is 4.68. The smallest absolute Gasteiger partial charge is 0.523 e. The molecule has 1 saturated heterocycles. The van der Waals surface area contributed by atoms with Crippen LogP contribution in [0.3, 0.4) is 0 Å². The highest BCUT2D eigenvalue weighted by Crippen LogP contribution is 2.20. The van der Waals surface area contributed by atoms with Gasteiger partial charge in [-0.1, -0.05) is 0 Å². The van der Waals surface area contributed by atoms with Gasteiger partial charge in [0.1, 0.15) is 0 Å². The van der Waals surface area contributed by atoms with E-state index in [2.05, 4.69) is 0 Å². The summed E-state index contributed by atoms with van der Waals surface area (Å²) >= 11 is 0. The Morgan fingerprint density at radius 1 is 1.47 bits per heavy atom. The van der Waals surface area contributed by atoms with Crippen molar-refractivity contribution in [2.24, 2.45) is 0 Å². The van der Waals surface area contributed by atoms with Crippen LogP contribution in [0.5, 0.6) is 5.95 Å². The van der Waals surface area contributed by atoms with Gasteiger partial charge in [-0.3, -0.25) is 0 Å². The molecule has 1 amide bonds. The Labute approximate surface area is 94.8 Å². The fraction of sp³-hybridized carbons (Fsp3) is 0.500. The highest BCUT2D eigenvalue weighted by atomic mass is 35.5. The van der Waals surface area contributed by atoms with Crippen LogP contribution in [0.2, 0.25) is 0 Å². The van der Waals surface area contributed by atoms with Crippen LogP contribution in [0.25, 0.3) is 0 Å². The van der Waals surface area contributed by atoms with Gasteiger partial charge in [0, 0.05) is 18.9 Å². The molecule has 0 bridgehead atoms. The van der Waals surface area contributed by atoms with Crippen molar-refractivity contribution in [2.75, 3.05) is 20.1 Å². The van der Waals surface area contributed by atoms with Crippen molar-refractivity contribution in [3.63, 3.8) is 0 Å². The molecular weight excluding hydrogens is 218 g/mol. The van der Waals surface area contributed by atoms with Crippen molar-refractivity contribution < 1.29 is 30.8 Å². The van der Waals surface area contributed by atoms with E-state index in [0.717, 1.165) is 25.9 Å². The van der Waals surface area contributed by atoms with Crippen LogP contribution in [0.4, 0.5) is 4.79 Å². The molecule has 2 rings (SSSR count). The average Bonchev–Trinajstić information content (AvgIpc) is 2.76. The van der Waals surface area contributed by atoms with E-state index in [1.807, 2.05) is 7.05 Å². The molecule has 84 valence electrons. The van der Waals surface area contributed by atoms with Gasteiger partial charge in [0.15, 0.2) is 0 Å². The van der Waals surface area contributed by atoms with Gasteiger partial charge in [0.25, 0.3) is 5.95 Å². The largest absolute Gasteiger partial charge is 1.00 e. The van der Waals surface area contributed by atoms with Crippen LogP contribution in [0.1, 0.15) is 12.8 Å². The summed E-state index contributed by atoms with van der Waals surface area (Å²) in [4.78, 5) is 11.7. The van der Waals surface area contributed by atoms with Crippen molar-refractivity contribution in [1.29, 1.82) is 0 Å². The third-order valence-corrected chi connectivity index (χ3v) is 2.68. The first-order valence-electron chi connectivity index (χ1n) is 4.81. The second-order valence-electron chi connectivity index (χ2n) is 3.85. The minimum Gasteiger partial charge on any atom is -1.00 e. The SMILES string of the molecule is C[N+]1(C(=O)Oc2ccco2)CCCC1.[Cl-]. The molecule has 0 unspecified atom stereocenters. The molecule has 1 aromatic heterocycles. The number of halogens is 1. The van der Waals surface area contributed by atoms with Gasteiger partial charge in [-0.25, -0.2) is 4.48 Å². The van der Waals surface area contributed by atoms with Crippen LogP contribution in [-0.2, 0) is 0 Å². The Bertz CT molecular complexity index is 317. The summed E-state index contributed by atoms with van der Waals surface area (Å²) in [6.45, 7) is 1.72. The molecule has 0 saturated carbocycles. The molecule has 0 radical (unpaired) electrons. The zero-order valence-corrected chi connectivity index (χ0v) is 9.37. The Hall–Kier alpha value is -1.00. The van der Waals surface area contributed by atoms with Gasteiger partial charge in [0.05, 0.1) is 26.4 Å². The Morgan fingerprint density at radius 3 is 2.67 bits per heavy atom. The molecule has 0 aliphatic carbocycles. The molecule has 1 aliphatic rings. The topological polar surface area (TPSA) is 39.4 Å². The number of hydrogen-bond donors (Lipinski definition) is 0. The lowest BCUT2D eigenvalue weighted by atomic mass is 10.4. The Balaban J connectivity index is 0.00000112. The van der Waals surface area contributed by atoms with Gasteiger partial charge in [-0.2, -0.15) is 4.79 Å². The van der Waals surface area contributed by atoms with Crippen molar-refractivity contribution in [1.82, 2.24) is 0 Å². The van der Waals surface area contributed by atoms with Gasteiger partial charge in [0.2, 0.25) is 0 Å². The summed E-state index contributed by atoms with van der Waals surface area (Å²) in [6.07, 6.45) is 3.44. The zero-order valence-electron chi connectivity index (χ0n) is 8.61. The third-order valence-electron chi connectivity index (χ3n) is 2.68. The maximum Gasteiger partial charge on any atom is 0.523 e. The molecule has 5 heteroatoms. The summed E-state index contributed by atoms with van der Waals surface area (Å²) in [6, 6.07) is 3.34. The molecule has 15 heavy (non-hydrogen) atoms. The van der Waals surface area contributed by atoms with E-state index in [9.17, 15) is 4.79 Å². The number of quaternary nitrogens is 1. The molecule has 1 aromatic rings. The van der Waals surface area contributed by atoms with E-state index in [1.54, 1.807) is 12.1 Å². The van der Waals surface area contributed by atoms with Crippen LogP contribution in [-0.4, -0.2) is 30.7 Å². The zero-order chi connectivity index (χ0) is 10.0. The quantitative estimate of drug-likeness (QED) is 0.584. The van der Waals surface area contributed by atoms with E-state index in [1.165, 1.54) is 6.26 Å². The van der Waals surface area contributed by atoms with E-state index in [0.29, 0.717) is 4.48 Å². The first-order chi connectivity index (χ1) is 6.71. The number of rotatable bonds is 1. The molecule has 1 aliphatic heterocycles. The number of likely N-dealkylation sites (tertiary alicyclic amines) is 1. The predicted octanol–water partition coefficient (Wildman–Crippen LogP) is -0.977. The minimum absolute atomic E-state index is 0. The summed E-state index contributed by atoms with van der Waals surface area (Å²) < 4.78 is 10.4. The number of hydrogen-bond acceptors (Lipinski definition) is 3. The minimum atomic E-state index is -0.225. The number of carbonyl (C=O) groups excluding carboxylic acids is 1. The number of carbonyl (C=O) groups is 1.